The normalized spacial score (nSPS) is 11.5. The van der Waals surface area contributed by atoms with Gasteiger partial charge in [-0.1, -0.05) is 27.7 Å². The minimum absolute atomic E-state index is 0.0260. The molecule has 0 heterocycles. The number of nitrogens with one attached hydrogen (secondary N) is 2. The van der Waals surface area contributed by atoms with Crippen LogP contribution in [0.25, 0.3) is 0 Å². The van der Waals surface area contributed by atoms with Crippen LogP contribution >= 0.6 is 0 Å². The summed E-state index contributed by atoms with van der Waals surface area (Å²) < 4.78 is 26.5. The Morgan fingerprint density at radius 1 is 0.806 bits per heavy atom. The second kappa shape index (κ2) is 11.1. The van der Waals surface area contributed by atoms with E-state index in [1.807, 2.05) is 13.8 Å². The summed E-state index contributed by atoms with van der Waals surface area (Å²) in [5.74, 6) is -0.379. The standard InChI is InChI=1S/C23H31N3O4S/c1-5-17(6-2)22(27)24-19-11-9-18(10-12-19)23(28)25-20-13-15-21(16-14-20)31(29,30)26(7-3)8-4/h9-17H,5-8H2,1-4H3,(H,24,27)(H,25,28). The molecule has 8 heteroatoms. The Labute approximate surface area is 184 Å². The van der Waals surface area contributed by atoms with E-state index in [2.05, 4.69) is 10.6 Å². The van der Waals surface area contributed by atoms with E-state index in [4.69, 9.17) is 0 Å². The van der Waals surface area contributed by atoms with E-state index in [0.29, 0.717) is 30.0 Å². The number of hydrogen-bond donors (Lipinski definition) is 2. The molecule has 2 aromatic rings. The van der Waals surface area contributed by atoms with Crippen LogP contribution in [0.2, 0.25) is 0 Å². The predicted molar refractivity (Wildman–Crippen MR) is 124 cm³/mol. The molecule has 0 aliphatic carbocycles. The van der Waals surface area contributed by atoms with Crippen LogP contribution in [0.15, 0.2) is 53.4 Å². The van der Waals surface area contributed by atoms with Gasteiger partial charge in [0.15, 0.2) is 0 Å². The van der Waals surface area contributed by atoms with Gasteiger partial charge < -0.3 is 10.6 Å². The highest BCUT2D eigenvalue weighted by atomic mass is 32.2. The average Bonchev–Trinajstić information content (AvgIpc) is 2.76. The Balaban J connectivity index is 2.04. The number of rotatable bonds is 10. The van der Waals surface area contributed by atoms with E-state index < -0.39 is 10.0 Å². The Morgan fingerprint density at radius 2 is 1.29 bits per heavy atom. The molecule has 2 amide bonds. The molecule has 0 saturated carbocycles. The first-order chi connectivity index (χ1) is 14.8. The maximum Gasteiger partial charge on any atom is 0.255 e. The zero-order valence-electron chi connectivity index (χ0n) is 18.5. The van der Waals surface area contributed by atoms with E-state index in [1.165, 1.54) is 16.4 Å². The molecule has 2 rings (SSSR count). The molecule has 2 aromatic carbocycles. The maximum atomic E-state index is 12.5. The van der Waals surface area contributed by atoms with E-state index in [9.17, 15) is 18.0 Å². The first-order valence-electron chi connectivity index (χ1n) is 10.6. The van der Waals surface area contributed by atoms with E-state index >= 15 is 0 Å². The van der Waals surface area contributed by atoms with Gasteiger partial charge in [-0.15, -0.1) is 0 Å². The van der Waals surface area contributed by atoms with Gasteiger partial charge >= 0.3 is 0 Å². The molecule has 0 aromatic heterocycles. The predicted octanol–water partition coefficient (Wildman–Crippen LogP) is 4.34. The lowest BCUT2D eigenvalue weighted by molar-refractivity contribution is -0.120. The van der Waals surface area contributed by atoms with E-state index in [1.54, 1.807) is 50.2 Å². The molecular weight excluding hydrogens is 414 g/mol. The van der Waals surface area contributed by atoms with Crippen molar-refractivity contribution in [3.8, 4) is 0 Å². The van der Waals surface area contributed by atoms with Crippen LogP contribution in [0, 0.1) is 5.92 Å². The fourth-order valence-corrected chi connectivity index (χ4v) is 4.69. The lowest BCUT2D eigenvalue weighted by Gasteiger charge is -2.18. The third-order valence-corrected chi connectivity index (χ3v) is 7.29. The highest BCUT2D eigenvalue weighted by molar-refractivity contribution is 7.89. The Kier molecular flexibility index (Phi) is 8.76. The summed E-state index contributed by atoms with van der Waals surface area (Å²) in [5, 5.41) is 5.62. The Morgan fingerprint density at radius 3 is 1.77 bits per heavy atom. The van der Waals surface area contributed by atoms with Crippen LogP contribution < -0.4 is 10.6 Å². The van der Waals surface area contributed by atoms with Gasteiger partial charge in [0.2, 0.25) is 15.9 Å². The zero-order valence-corrected chi connectivity index (χ0v) is 19.3. The molecule has 31 heavy (non-hydrogen) atoms. The molecule has 2 N–H and O–H groups in total. The fourth-order valence-electron chi connectivity index (χ4n) is 3.23. The first kappa shape index (κ1) is 24.6. The summed E-state index contributed by atoms with van der Waals surface area (Å²) in [6.45, 7) is 8.33. The van der Waals surface area contributed by atoms with Crippen molar-refractivity contribution in [2.45, 2.75) is 45.4 Å². The fraction of sp³-hybridized carbons (Fsp3) is 0.391. The molecule has 7 nitrogen and oxygen atoms in total. The van der Waals surface area contributed by atoms with Crippen LogP contribution in [0.4, 0.5) is 11.4 Å². The SMILES string of the molecule is CCC(CC)C(=O)Nc1ccc(C(=O)Nc2ccc(S(=O)(=O)N(CC)CC)cc2)cc1. The van der Waals surface area contributed by atoms with Gasteiger partial charge in [-0.3, -0.25) is 9.59 Å². The number of amides is 2. The van der Waals surface area contributed by atoms with Gasteiger partial charge in [0, 0.05) is 35.9 Å². The molecule has 168 valence electrons. The second-order valence-corrected chi connectivity index (χ2v) is 9.09. The summed E-state index contributed by atoms with van der Waals surface area (Å²) in [4.78, 5) is 24.9. The number of hydrogen-bond acceptors (Lipinski definition) is 4. The summed E-state index contributed by atoms with van der Waals surface area (Å²) >= 11 is 0. The van der Waals surface area contributed by atoms with E-state index in [0.717, 1.165) is 12.8 Å². The van der Waals surface area contributed by atoms with Crippen LogP contribution in [-0.4, -0.2) is 37.6 Å². The molecule has 0 saturated heterocycles. The van der Waals surface area contributed by atoms with Crippen molar-refractivity contribution in [2.75, 3.05) is 23.7 Å². The van der Waals surface area contributed by atoms with Crippen molar-refractivity contribution < 1.29 is 18.0 Å². The largest absolute Gasteiger partial charge is 0.326 e. The lowest BCUT2D eigenvalue weighted by Crippen LogP contribution is -2.30. The monoisotopic (exact) mass is 445 g/mol. The highest BCUT2D eigenvalue weighted by Crippen LogP contribution is 2.19. The molecule has 0 aliphatic heterocycles. The van der Waals surface area contributed by atoms with Gasteiger partial charge in [0.1, 0.15) is 0 Å². The maximum absolute atomic E-state index is 12.5. The number of anilines is 2. The summed E-state index contributed by atoms with van der Waals surface area (Å²) in [7, 11) is -3.54. The first-order valence-corrected chi connectivity index (χ1v) is 12.0. The molecule has 0 aliphatic rings. The van der Waals surface area contributed by atoms with Crippen molar-refractivity contribution in [1.29, 1.82) is 0 Å². The van der Waals surface area contributed by atoms with Crippen molar-refractivity contribution in [3.05, 3.63) is 54.1 Å². The summed E-state index contributed by atoms with van der Waals surface area (Å²) in [5.41, 5.74) is 1.56. The van der Waals surface area contributed by atoms with Crippen molar-refractivity contribution >= 4 is 33.2 Å². The number of carbonyl (C=O) groups is 2. The van der Waals surface area contributed by atoms with Crippen LogP contribution in [0.1, 0.15) is 50.9 Å². The highest BCUT2D eigenvalue weighted by Gasteiger charge is 2.21. The van der Waals surface area contributed by atoms with Crippen molar-refractivity contribution in [3.63, 3.8) is 0 Å². The number of sulfonamides is 1. The molecule has 0 unspecified atom stereocenters. The quantitative estimate of drug-likeness (QED) is 0.568. The van der Waals surface area contributed by atoms with Gasteiger partial charge in [-0.25, -0.2) is 8.42 Å². The minimum atomic E-state index is -3.54. The summed E-state index contributed by atoms with van der Waals surface area (Å²) in [6, 6.07) is 12.8. The number of carbonyl (C=O) groups excluding carboxylic acids is 2. The average molecular weight is 446 g/mol. The van der Waals surface area contributed by atoms with Crippen molar-refractivity contribution in [2.24, 2.45) is 5.92 Å². The Hall–Kier alpha value is -2.71. The third-order valence-electron chi connectivity index (χ3n) is 5.23. The number of benzene rings is 2. The van der Waals surface area contributed by atoms with Gasteiger partial charge in [0.05, 0.1) is 4.90 Å². The minimum Gasteiger partial charge on any atom is -0.326 e. The molecule has 0 atom stereocenters. The second-order valence-electron chi connectivity index (χ2n) is 7.15. The zero-order chi connectivity index (χ0) is 23.0. The molecule has 0 radical (unpaired) electrons. The topological polar surface area (TPSA) is 95.6 Å². The molecule has 0 spiro atoms. The molecule has 0 fully saturated rings. The summed E-state index contributed by atoms with van der Waals surface area (Å²) in [6.07, 6.45) is 1.55. The smallest absolute Gasteiger partial charge is 0.255 e. The van der Waals surface area contributed by atoms with Crippen LogP contribution in [-0.2, 0) is 14.8 Å². The van der Waals surface area contributed by atoms with Gasteiger partial charge in [0.25, 0.3) is 5.91 Å². The van der Waals surface area contributed by atoms with Gasteiger partial charge in [-0.05, 0) is 61.4 Å². The number of nitrogens with zero attached hydrogens (tertiary/aromatic N) is 1. The van der Waals surface area contributed by atoms with Gasteiger partial charge in [-0.2, -0.15) is 4.31 Å². The Bertz CT molecular complexity index is 978. The lowest BCUT2D eigenvalue weighted by atomic mass is 10.0. The van der Waals surface area contributed by atoms with Crippen LogP contribution in [0.5, 0.6) is 0 Å². The van der Waals surface area contributed by atoms with Crippen LogP contribution in [0.3, 0.4) is 0 Å². The van der Waals surface area contributed by atoms with E-state index in [-0.39, 0.29) is 22.6 Å². The van der Waals surface area contributed by atoms with Crippen molar-refractivity contribution in [1.82, 2.24) is 4.31 Å². The molecular formula is C23H31N3O4S. The third kappa shape index (κ3) is 6.15. The molecule has 0 bridgehead atoms.